The fraction of sp³-hybridized carbons (Fsp3) is 0. The molecule has 0 bridgehead atoms. The van der Waals surface area contributed by atoms with E-state index < -0.39 is 14.8 Å². The minimum absolute atomic E-state index is 0.126. The quantitative estimate of drug-likeness (QED) is 0.798. The van der Waals surface area contributed by atoms with Gasteiger partial charge in [-0.05, 0) is 12.1 Å². The maximum Gasteiger partial charge on any atom is 0.417 e. The first-order chi connectivity index (χ1) is 6.88. The van der Waals surface area contributed by atoms with Gasteiger partial charge in [-0.25, -0.2) is 13.2 Å². The van der Waals surface area contributed by atoms with Gasteiger partial charge in [0.25, 0.3) is 9.05 Å². The molecular formula is C7H3Cl2NO4S. The van der Waals surface area contributed by atoms with Crippen LogP contribution in [0.3, 0.4) is 0 Å². The minimum atomic E-state index is -4.00. The lowest BCUT2D eigenvalue weighted by Crippen LogP contribution is -1.93. The second-order valence-electron chi connectivity index (χ2n) is 2.73. The van der Waals surface area contributed by atoms with Crippen LogP contribution in [0.2, 0.25) is 5.02 Å². The number of rotatable bonds is 1. The van der Waals surface area contributed by atoms with Crippen molar-refractivity contribution in [2.24, 2.45) is 0 Å². The Hall–Kier alpha value is -0.980. The summed E-state index contributed by atoms with van der Waals surface area (Å²) in [5.74, 6) is -0.770. The van der Waals surface area contributed by atoms with Crippen LogP contribution in [0.1, 0.15) is 0 Å². The predicted octanol–water partition coefficient (Wildman–Crippen LogP) is 1.70. The fourth-order valence-corrected chi connectivity index (χ4v) is 2.44. The van der Waals surface area contributed by atoms with Crippen molar-refractivity contribution in [1.82, 2.24) is 4.98 Å². The van der Waals surface area contributed by atoms with Crippen molar-refractivity contribution in [1.29, 1.82) is 0 Å². The monoisotopic (exact) mass is 267 g/mol. The van der Waals surface area contributed by atoms with E-state index in [9.17, 15) is 13.2 Å². The average Bonchev–Trinajstić information content (AvgIpc) is 2.41. The number of hydrogen-bond acceptors (Lipinski definition) is 4. The summed E-state index contributed by atoms with van der Waals surface area (Å²) in [5.41, 5.74) is 0.0612. The van der Waals surface area contributed by atoms with Gasteiger partial charge in [0.15, 0.2) is 5.58 Å². The summed E-state index contributed by atoms with van der Waals surface area (Å²) in [6.45, 7) is 0. The van der Waals surface area contributed by atoms with Crippen LogP contribution in [0.5, 0.6) is 0 Å². The molecule has 0 spiro atoms. The molecule has 0 saturated heterocycles. The van der Waals surface area contributed by atoms with E-state index >= 15 is 0 Å². The van der Waals surface area contributed by atoms with Crippen molar-refractivity contribution in [3.05, 3.63) is 27.7 Å². The van der Waals surface area contributed by atoms with Gasteiger partial charge < -0.3 is 4.42 Å². The summed E-state index contributed by atoms with van der Waals surface area (Å²) in [4.78, 5) is 12.8. The number of oxazole rings is 1. The van der Waals surface area contributed by atoms with Crippen LogP contribution in [-0.2, 0) is 9.05 Å². The van der Waals surface area contributed by atoms with E-state index in [1.807, 2.05) is 0 Å². The van der Waals surface area contributed by atoms with Gasteiger partial charge >= 0.3 is 5.76 Å². The normalized spacial score (nSPS) is 12.1. The Bertz CT molecular complexity index is 685. The zero-order chi connectivity index (χ0) is 11.2. The van der Waals surface area contributed by atoms with Crippen molar-refractivity contribution in [3.63, 3.8) is 0 Å². The lowest BCUT2D eigenvalue weighted by Gasteiger charge is -1.97. The molecule has 5 nitrogen and oxygen atoms in total. The maximum absolute atomic E-state index is 11.1. The third-order valence-corrected chi connectivity index (χ3v) is 3.26. The van der Waals surface area contributed by atoms with Crippen LogP contribution in [-0.4, -0.2) is 13.4 Å². The average molecular weight is 268 g/mol. The summed E-state index contributed by atoms with van der Waals surface area (Å²) in [6.07, 6.45) is 0. The summed E-state index contributed by atoms with van der Waals surface area (Å²) in [7, 11) is 1.15. The minimum Gasteiger partial charge on any atom is -0.406 e. The van der Waals surface area contributed by atoms with Crippen molar-refractivity contribution in [3.8, 4) is 0 Å². The number of benzene rings is 1. The maximum atomic E-state index is 11.1. The molecule has 0 fully saturated rings. The Kier molecular flexibility index (Phi) is 2.29. The third kappa shape index (κ3) is 1.88. The van der Waals surface area contributed by atoms with Crippen LogP contribution in [0.4, 0.5) is 0 Å². The Morgan fingerprint density at radius 1 is 1.33 bits per heavy atom. The summed E-state index contributed by atoms with van der Waals surface area (Å²) in [5, 5.41) is 0.138. The molecule has 0 unspecified atom stereocenters. The second kappa shape index (κ2) is 3.26. The molecule has 1 heterocycles. The zero-order valence-corrected chi connectivity index (χ0v) is 9.28. The Balaban J connectivity index is 3.01. The number of nitrogens with one attached hydrogen (secondary N) is 1. The molecule has 0 saturated carbocycles. The lowest BCUT2D eigenvalue weighted by molar-refractivity contribution is 0.546. The van der Waals surface area contributed by atoms with Gasteiger partial charge in [-0.15, -0.1) is 0 Å². The predicted molar refractivity (Wildman–Crippen MR) is 54.9 cm³/mol. The molecule has 15 heavy (non-hydrogen) atoms. The number of hydrogen-bond donors (Lipinski definition) is 1. The molecule has 80 valence electrons. The molecule has 0 aliphatic rings. The molecule has 1 aromatic heterocycles. The molecule has 2 aromatic rings. The molecule has 0 radical (unpaired) electrons. The van der Waals surface area contributed by atoms with Crippen LogP contribution < -0.4 is 5.76 Å². The molecular weight excluding hydrogens is 265 g/mol. The van der Waals surface area contributed by atoms with Gasteiger partial charge in [-0.3, -0.25) is 4.98 Å². The van der Waals surface area contributed by atoms with E-state index in [1.165, 1.54) is 6.07 Å². The highest BCUT2D eigenvalue weighted by Crippen LogP contribution is 2.27. The Morgan fingerprint density at radius 2 is 2.00 bits per heavy atom. The van der Waals surface area contributed by atoms with E-state index in [-0.39, 0.29) is 21.0 Å². The van der Waals surface area contributed by atoms with Gasteiger partial charge in [0, 0.05) is 15.7 Å². The van der Waals surface area contributed by atoms with E-state index in [0.717, 1.165) is 6.07 Å². The SMILES string of the molecule is O=c1[nH]c2cc(Cl)cc(S(=O)(=O)Cl)c2o1. The highest BCUT2D eigenvalue weighted by atomic mass is 35.7. The Morgan fingerprint density at radius 3 is 2.60 bits per heavy atom. The van der Waals surface area contributed by atoms with Crippen molar-refractivity contribution < 1.29 is 12.8 Å². The second-order valence-corrected chi connectivity index (χ2v) is 5.70. The number of halogens is 2. The molecule has 1 N–H and O–H groups in total. The number of aromatic nitrogens is 1. The van der Waals surface area contributed by atoms with Crippen molar-refractivity contribution in [2.45, 2.75) is 4.90 Å². The summed E-state index contributed by atoms with van der Waals surface area (Å²) < 4.78 is 26.9. The molecule has 2 rings (SSSR count). The van der Waals surface area contributed by atoms with E-state index in [2.05, 4.69) is 9.40 Å². The first kappa shape index (κ1) is 10.5. The van der Waals surface area contributed by atoms with Crippen molar-refractivity contribution >= 4 is 42.4 Å². The van der Waals surface area contributed by atoms with E-state index in [4.69, 9.17) is 22.3 Å². The third-order valence-electron chi connectivity index (χ3n) is 1.71. The largest absolute Gasteiger partial charge is 0.417 e. The standard InChI is InChI=1S/C7H3Cl2NO4S/c8-3-1-4-6(14-7(11)10-4)5(2-3)15(9,12)13/h1-2H,(H,10,11). The van der Waals surface area contributed by atoms with Crippen LogP contribution in [0, 0.1) is 0 Å². The molecule has 8 heteroatoms. The first-order valence-electron chi connectivity index (χ1n) is 3.65. The zero-order valence-electron chi connectivity index (χ0n) is 6.95. The van der Waals surface area contributed by atoms with E-state index in [1.54, 1.807) is 0 Å². The van der Waals surface area contributed by atoms with Gasteiger partial charge in [-0.1, -0.05) is 11.6 Å². The number of aromatic amines is 1. The van der Waals surface area contributed by atoms with Crippen LogP contribution in [0.15, 0.2) is 26.2 Å². The number of fused-ring (bicyclic) bond motifs is 1. The smallest absolute Gasteiger partial charge is 0.406 e. The molecule has 0 aliphatic carbocycles. The van der Waals surface area contributed by atoms with Crippen LogP contribution >= 0.6 is 22.3 Å². The molecule has 1 aromatic carbocycles. The first-order valence-corrected chi connectivity index (χ1v) is 6.34. The highest BCUT2D eigenvalue weighted by molar-refractivity contribution is 8.14. The van der Waals surface area contributed by atoms with Gasteiger partial charge in [-0.2, -0.15) is 0 Å². The Labute approximate surface area is 93.0 Å². The fourth-order valence-electron chi connectivity index (χ4n) is 1.18. The topological polar surface area (TPSA) is 80.1 Å². The highest BCUT2D eigenvalue weighted by Gasteiger charge is 2.19. The summed E-state index contributed by atoms with van der Waals surface area (Å²) in [6, 6.07) is 2.48. The molecule has 0 atom stereocenters. The number of H-pyrrole nitrogens is 1. The van der Waals surface area contributed by atoms with Gasteiger partial charge in [0.05, 0.1) is 5.52 Å². The molecule has 0 amide bonds. The van der Waals surface area contributed by atoms with Gasteiger partial charge in [0.2, 0.25) is 0 Å². The van der Waals surface area contributed by atoms with Crippen LogP contribution in [0.25, 0.3) is 11.1 Å². The van der Waals surface area contributed by atoms with E-state index in [0.29, 0.717) is 0 Å². The molecule has 0 aliphatic heterocycles. The van der Waals surface area contributed by atoms with Gasteiger partial charge in [0.1, 0.15) is 4.90 Å². The lowest BCUT2D eigenvalue weighted by atomic mass is 10.3. The summed E-state index contributed by atoms with van der Waals surface area (Å²) >= 11 is 5.65. The van der Waals surface area contributed by atoms with Crippen molar-refractivity contribution in [2.75, 3.05) is 0 Å².